The Morgan fingerprint density at radius 3 is 2.48 bits per heavy atom. The first kappa shape index (κ1) is 21.2. The van der Waals surface area contributed by atoms with Crippen molar-refractivity contribution < 1.29 is 13.2 Å². The summed E-state index contributed by atoms with van der Waals surface area (Å²) in [7, 11) is -3.71. The number of rotatable bonds is 6. The van der Waals surface area contributed by atoms with Gasteiger partial charge in [-0.2, -0.15) is 0 Å². The minimum absolute atomic E-state index is 0.279. The van der Waals surface area contributed by atoms with E-state index in [-0.39, 0.29) is 11.7 Å². The van der Waals surface area contributed by atoms with Crippen LogP contribution in [-0.4, -0.2) is 37.3 Å². The second kappa shape index (κ2) is 8.62. The van der Waals surface area contributed by atoms with Crippen molar-refractivity contribution in [2.45, 2.75) is 0 Å². The molecule has 0 saturated carbocycles. The highest BCUT2D eigenvalue weighted by Crippen LogP contribution is 2.29. The zero-order chi connectivity index (χ0) is 22.0. The van der Waals surface area contributed by atoms with Crippen molar-refractivity contribution >= 4 is 60.5 Å². The molecule has 0 spiro atoms. The van der Waals surface area contributed by atoms with Crippen molar-refractivity contribution in [2.24, 2.45) is 0 Å². The van der Waals surface area contributed by atoms with Gasteiger partial charge < -0.3 is 0 Å². The lowest BCUT2D eigenvalue weighted by molar-refractivity contribution is -0.114. The van der Waals surface area contributed by atoms with Gasteiger partial charge in [0.05, 0.1) is 11.9 Å². The highest BCUT2D eigenvalue weighted by molar-refractivity contribution is 7.92. The predicted molar refractivity (Wildman–Crippen MR) is 125 cm³/mol. The van der Waals surface area contributed by atoms with Gasteiger partial charge in [-0.1, -0.05) is 71.5 Å². The third-order valence-corrected chi connectivity index (χ3v) is 6.75. The lowest BCUT2D eigenvalue weighted by Gasteiger charge is -2.23. The fraction of sp³-hybridized carbons (Fsp3) is 0.0952. The largest absolute Gasteiger partial charge is 0.299 e. The average Bonchev–Trinajstić information content (AvgIpc) is 3.20. The Bertz CT molecular complexity index is 1350. The van der Waals surface area contributed by atoms with Gasteiger partial charge in [0.25, 0.3) is 0 Å². The Kier molecular flexibility index (Phi) is 5.90. The molecule has 1 aromatic heterocycles. The molecule has 0 bridgehead atoms. The van der Waals surface area contributed by atoms with Gasteiger partial charge in [-0.15, -0.1) is 10.2 Å². The van der Waals surface area contributed by atoms with Crippen LogP contribution in [0.3, 0.4) is 0 Å². The number of nitrogens with zero attached hydrogens (tertiary/aromatic N) is 3. The van der Waals surface area contributed by atoms with Crippen LogP contribution in [0.5, 0.6) is 0 Å². The number of aromatic nitrogens is 2. The topological polar surface area (TPSA) is 92.3 Å². The molecule has 0 aliphatic carbocycles. The zero-order valence-electron chi connectivity index (χ0n) is 16.3. The predicted octanol–water partition coefficient (Wildman–Crippen LogP) is 4.42. The molecule has 0 aliphatic heterocycles. The van der Waals surface area contributed by atoms with Crippen LogP contribution in [0, 0.1) is 0 Å². The molecule has 0 fully saturated rings. The van der Waals surface area contributed by atoms with Crippen molar-refractivity contribution in [3.05, 3.63) is 71.8 Å². The van der Waals surface area contributed by atoms with Crippen LogP contribution >= 0.6 is 22.9 Å². The Morgan fingerprint density at radius 2 is 1.74 bits per heavy atom. The van der Waals surface area contributed by atoms with Gasteiger partial charge in [-0.3, -0.25) is 14.4 Å². The first-order valence-corrected chi connectivity index (χ1v) is 12.2. The number of amides is 1. The van der Waals surface area contributed by atoms with E-state index in [4.69, 9.17) is 11.6 Å². The van der Waals surface area contributed by atoms with E-state index in [0.717, 1.165) is 26.9 Å². The van der Waals surface area contributed by atoms with Crippen LogP contribution in [-0.2, 0) is 14.8 Å². The third kappa shape index (κ3) is 4.84. The first-order chi connectivity index (χ1) is 14.8. The minimum Gasteiger partial charge on any atom is -0.299 e. The first-order valence-electron chi connectivity index (χ1n) is 9.16. The minimum atomic E-state index is -3.71. The van der Waals surface area contributed by atoms with E-state index in [1.54, 1.807) is 36.4 Å². The van der Waals surface area contributed by atoms with Crippen molar-refractivity contribution in [1.82, 2.24) is 10.2 Å². The van der Waals surface area contributed by atoms with E-state index >= 15 is 0 Å². The molecular formula is C21H17ClN4O3S2. The summed E-state index contributed by atoms with van der Waals surface area (Å²) in [5.41, 5.74) is 1.26. The number of carbonyl (C=O) groups is 1. The van der Waals surface area contributed by atoms with Gasteiger partial charge in [-0.05, 0) is 23.6 Å². The smallest absolute Gasteiger partial charge is 0.246 e. The monoisotopic (exact) mass is 472 g/mol. The lowest BCUT2D eigenvalue weighted by atomic mass is 10.1. The van der Waals surface area contributed by atoms with Crippen molar-refractivity contribution in [1.29, 1.82) is 0 Å². The number of hydrogen-bond acceptors (Lipinski definition) is 6. The van der Waals surface area contributed by atoms with Crippen LogP contribution in [0.1, 0.15) is 0 Å². The number of nitrogens with one attached hydrogen (secondary N) is 1. The van der Waals surface area contributed by atoms with Crippen molar-refractivity contribution in [3.63, 3.8) is 0 Å². The number of benzene rings is 3. The van der Waals surface area contributed by atoms with Crippen molar-refractivity contribution in [2.75, 3.05) is 22.4 Å². The van der Waals surface area contributed by atoms with E-state index < -0.39 is 15.9 Å². The van der Waals surface area contributed by atoms with Crippen molar-refractivity contribution in [3.8, 4) is 10.6 Å². The summed E-state index contributed by atoms with van der Waals surface area (Å²) < 4.78 is 26.1. The molecule has 158 valence electrons. The molecule has 4 aromatic rings. The Labute approximate surface area is 188 Å². The van der Waals surface area contributed by atoms with Gasteiger partial charge in [0.15, 0.2) is 0 Å². The third-order valence-electron chi connectivity index (χ3n) is 4.49. The Hall–Kier alpha value is -3.01. The summed E-state index contributed by atoms with van der Waals surface area (Å²) in [6.45, 7) is -0.386. The number of anilines is 2. The number of hydrogen-bond donors (Lipinski definition) is 1. The maximum Gasteiger partial charge on any atom is 0.246 e. The zero-order valence-corrected chi connectivity index (χ0v) is 18.7. The van der Waals surface area contributed by atoms with Gasteiger partial charge >= 0.3 is 0 Å². The standard InChI is InChI=1S/C21H17ClN4O3S2/c1-31(28,29)26(18-8-4-6-14-5-2-3-7-17(14)18)13-19(27)23-21-25-24-20(30-21)15-9-11-16(22)12-10-15/h2-12H,13H2,1H3,(H,23,25,27). The Morgan fingerprint density at radius 1 is 1.03 bits per heavy atom. The summed E-state index contributed by atoms with van der Waals surface area (Å²) in [5, 5.41) is 13.8. The lowest BCUT2D eigenvalue weighted by Crippen LogP contribution is -2.37. The molecule has 7 nitrogen and oxygen atoms in total. The van der Waals surface area contributed by atoms with E-state index in [2.05, 4.69) is 15.5 Å². The molecule has 0 unspecified atom stereocenters. The SMILES string of the molecule is CS(=O)(=O)N(CC(=O)Nc1nnc(-c2ccc(Cl)cc2)s1)c1cccc2ccccc12. The average molecular weight is 473 g/mol. The second-order valence-corrected chi connectivity index (χ2v) is 10.1. The molecular weight excluding hydrogens is 456 g/mol. The van der Waals surface area contributed by atoms with Gasteiger partial charge in [0.1, 0.15) is 11.6 Å². The normalized spacial score (nSPS) is 11.4. The quantitative estimate of drug-likeness (QED) is 0.448. The van der Waals surface area contributed by atoms with E-state index in [9.17, 15) is 13.2 Å². The molecule has 31 heavy (non-hydrogen) atoms. The highest BCUT2D eigenvalue weighted by atomic mass is 35.5. The van der Waals surface area contributed by atoms with Crippen LogP contribution in [0.25, 0.3) is 21.3 Å². The maximum atomic E-state index is 12.7. The molecule has 0 saturated heterocycles. The fourth-order valence-corrected chi connectivity index (χ4v) is 4.84. The van der Waals surface area contributed by atoms with E-state index in [0.29, 0.717) is 15.7 Å². The van der Waals surface area contributed by atoms with Gasteiger partial charge in [-0.25, -0.2) is 8.42 Å². The molecule has 0 atom stereocenters. The summed E-state index contributed by atoms with van der Waals surface area (Å²) in [4.78, 5) is 12.7. The molecule has 0 aliphatic rings. The molecule has 1 amide bonds. The summed E-state index contributed by atoms with van der Waals surface area (Å²) >= 11 is 7.09. The molecule has 1 N–H and O–H groups in total. The molecule has 1 heterocycles. The molecule has 4 rings (SSSR count). The maximum absolute atomic E-state index is 12.7. The van der Waals surface area contributed by atoms with Crippen LogP contribution in [0.2, 0.25) is 5.02 Å². The number of halogens is 1. The molecule has 10 heteroatoms. The second-order valence-electron chi connectivity index (χ2n) is 6.74. The van der Waals surface area contributed by atoms with Gasteiger partial charge in [0, 0.05) is 16.0 Å². The van der Waals surface area contributed by atoms with Gasteiger partial charge in [0.2, 0.25) is 21.1 Å². The van der Waals surface area contributed by atoms with E-state index in [1.807, 2.05) is 30.3 Å². The number of carbonyl (C=O) groups excluding carboxylic acids is 1. The molecule has 3 aromatic carbocycles. The molecule has 0 radical (unpaired) electrons. The summed E-state index contributed by atoms with van der Waals surface area (Å²) in [6, 6.07) is 19.8. The van der Waals surface area contributed by atoms with Crippen LogP contribution in [0.4, 0.5) is 10.8 Å². The summed E-state index contributed by atoms with van der Waals surface area (Å²) in [6.07, 6.45) is 1.08. The number of sulfonamides is 1. The highest BCUT2D eigenvalue weighted by Gasteiger charge is 2.23. The Balaban J connectivity index is 1.56. The number of fused-ring (bicyclic) bond motifs is 1. The van der Waals surface area contributed by atoms with Crippen LogP contribution < -0.4 is 9.62 Å². The fourth-order valence-electron chi connectivity index (χ4n) is 3.08. The summed E-state index contributed by atoms with van der Waals surface area (Å²) in [5.74, 6) is -0.517. The van der Waals surface area contributed by atoms with E-state index in [1.165, 1.54) is 11.3 Å². The van der Waals surface area contributed by atoms with Crippen LogP contribution in [0.15, 0.2) is 66.7 Å².